The van der Waals surface area contributed by atoms with Crippen LogP contribution in [0.1, 0.15) is 41.1 Å². The molecule has 1 fully saturated rings. The molecule has 1 aromatic carbocycles. The second kappa shape index (κ2) is 8.29. The zero-order valence-corrected chi connectivity index (χ0v) is 16.7. The maximum Gasteiger partial charge on any atom is 0.155 e. The number of benzene rings is 1. The Labute approximate surface area is 163 Å². The molecule has 0 bridgehead atoms. The summed E-state index contributed by atoms with van der Waals surface area (Å²) in [5, 5.41) is 5.40. The van der Waals surface area contributed by atoms with Gasteiger partial charge in [0, 0.05) is 19.0 Å². The number of carbonyl (C=O) groups excluding carboxylic acids is 1. The second-order valence-electron chi connectivity index (χ2n) is 6.59. The molecule has 1 aromatic heterocycles. The molecule has 0 spiro atoms. The van der Waals surface area contributed by atoms with Gasteiger partial charge in [-0.2, -0.15) is 0 Å². The van der Waals surface area contributed by atoms with Crippen LogP contribution in [0.3, 0.4) is 0 Å². The first-order chi connectivity index (χ1) is 12.5. The summed E-state index contributed by atoms with van der Waals surface area (Å²) in [6.45, 7) is 0. The summed E-state index contributed by atoms with van der Waals surface area (Å²) in [5.74, 6) is 1.11. The number of pyridine rings is 1. The summed E-state index contributed by atoms with van der Waals surface area (Å²) in [6, 6.07) is 8.19. The second-order valence-corrected chi connectivity index (χ2v) is 7.83. The molecule has 1 heterocycles. The summed E-state index contributed by atoms with van der Waals surface area (Å²) in [4.78, 5) is 17.1. The molecule has 7 heteroatoms. The average Bonchev–Trinajstić information content (AvgIpc) is 2.53. The molecular weight excluding hydrogens is 368 g/mol. The Hall–Kier alpha value is -1.76. The highest BCUT2D eigenvalue weighted by molar-refractivity contribution is 7.98. The van der Waals surface area contributed by atoms with E-state index in [1.807, 2.05) is 14.1 Å². The molecule has 1 aliphatic rings. The first-order valence-corrected chi connectivity index (χ1v) is 10.2. The van der Waals surface area contributed by atoms with Gasteiger partial charge in [0.1, 0.15) is 5.15 Å². The Morgan fingerprint density at radius 1 is 1.27 bits per heavy atom. The van der Waals surface area contributed by atoms with Crippen molar-refractivity contribution in [1.29, 1.82) is 0 Å². The van der Waals surface area contributed by atoms with E-state index in [0.717, 1.165) is 16.9 Å². The largest absolute Gasteiger partial charge is 0.354 e. The van der Waals surface area contributed by atoms with Gasteiger partial charge in [-0.25, -0.2) is 9.99 Å². The minimum Gasteiger partial charge on any atom is -0.354 e. The molecule has 138 valence electrons. The highest BCUT2D eigenvalue weighted by atomic mass is 35.5. The Morgan fingerprint density at radius 2 is 2.04 bits per heavy atom. The van der Waals surface area contributed by atoms with Gasteiger partial charge < -0.3 is 10.7 Å². The van der Waals surface area contributed by atoms with Crippen molar-refractivity contribution in [1.82, 2.24) is 9.99 Å². The summed E-state index contributed by atoms with van der Waals surface area (Å²) in [7, 11) is 3.66. The number of aldehydes is 1. The van der Waals surface area contributed by atoms with Crippen molar-refractivity contribution in [2.24, 2.45) is 0 Å². The molecule has 5 nitrogen and oxygen atoms in total. The van der Waals surface area contributed by atoms with Crippen LogP contribution >= 0.6 is 23.4 Å². The van der Waals surface area contributed by atoms with Gasteiger partial charge in [0.2, 0.25) is 0 Å². The van der Waals surface area contributed by atoms with Gasteiger partial charge in [-0.05, 0) is 48.8 Å². The van der Waals surface area contributed by atoms with Crippen LogP contribution in [0, 0.1) is 0 Å². The lowest BCUT2D eigenvalue weighted by Gasteiger charge is -2.26. The maximum atomic E-state index is 11.7. The van der Waals surface area contributed by atoms with Gasteiger partial charge in [-0.1, -0.05) is 24.1 Å². The van der Waals surface area contributed by atoms with Crippen LogP contribution in [0.25, 0.3) is 0 Å². The zero-order chi connectivity index (χ0) is 18.7. The van der Waals surface area contributed by atoms with Crippen LogP contribution < -0.4 is 10.7 Å². The summed E-state index contributed by atoms with van der Waals surface area (Å²) >= 11 is 7.85. The summed E-state index contributed by atoms with van der Waals surface area (Å²) < 4.78 is 0. The van der Waals surface area contributed by atoms with Crippen molar-refractivity contribution < 1.29 is 4.79 Å². The Kier molecular flexibility index (Phi) is 6.06. The van der Waals surface area contributed by atoms with E-state index in [4.69, 9.17) is 11.6 Å². The normalized spacial score (nSPS) is 14.2. The number of hydrogen-bond donors (Lipinski definition) is 2. The molecular formula is C19H23ClN4OS. The third-order valence-electron chi connectivity index (χ3n) is 4.55. The van der Waals surface area contributed by atoms with Gasteiger partial charge in [0.25, 0.3) is 0 Å². The van der Waals surface area contributed by atoms with E-state index < -0.39 is 0 Å². The van der Waals surface area contributed by atoms with E-state index in [2.05, 4.69) is 40.2 Å². The standard InChI is InChI=1S/C19H23ClN4OS/c1-24(2)23-19-14(11-25)16(10-18(20)22-19)21-15-8-7-13(9-17(15)26-3)12-5-4-6-12/h7-12H,4-6H2,1-3H3,(H2,21,22,23). The van der Waals surface area contributed by atoms with Gasteiger partial charge in [-0.15, -0.1) is 11.8 Å². The summed E-state index contributed by atoms with van der Waals surface area (Å²) in [6.07, 6.45) is 6.72. The Balaban J connectivity index is 1.95. The predicted octanol–water partition coefficient (Wildman–Crippen LogP) is 5.17. The van der Waals surface area contributed by atoms with Gasteiger partial charge >= 0.3 is 0 Å². The molecule has 0 atom stereocenters. The van der Waals surface area contributed by atoms with Crippen LogP contribution in [0.15, 0.2) is 29.2 Å². The van der Waals surface area contributed by atoms with E-state index in [9.17, 15) is 4.79 Å². The number of rotatable bonds is 7. The first kappa shape index (κ1) is 19.0. The number of nitrogens with one attached hydrogen (secondary N) is 2. The highest BCUT2D eigenvalue weighted by Crippen LogP contribution is 2.40. The van der Waals surface area contributed by atoms with Crippen molar-refractivity contribution in [2.75, 3.05) is 31.1 Å². The predicted molar refractivity (Wildman–Crippen MR) is 110 cm³/mol. The van der Waals surface area contributed by atoms with Crippen LogP contribution in [0.5, 0.6) is 0 Å². The van der Waals surface area contributed by atoms with E-state index in [0.29, 0.717) is 28.1 Å². The minimum absolute atomic E-state index is 0.319. The quantitative estimate of drug-likeness (QED) is 0.294. The van der Waals surface area contributed by atoms with E-state index in [1.165, 1.54) is 24.8 Å². The monoisotopic (exact) mass is 390 g/mol. The Morgan fingerprint density at radius 3 is 2.62 bits per heavy atom. The zero-order valence-electron chi connectivity index (χ0n) is 15.2. The fourth-order valence-electron chi connectivity index (χ4n) is 3.00. The van der Waals surface area contributed by atoms with Crippen molar-refractivity contribution in [3.8, 4) is 0 Å². The molecule has 26 heavy (non-hydrogen) atoms. The van der Waals surface area contributed by atoms with Crippen molar-refractivity contribution >= 4 is 46.8 Å². The minimum atomic E-state index is 0.319. The topological polar surface area (TPSA) is 57.3 Å². The lowest BCUT2D eigenvalue weighted by molar-refractivity contribution is 0.112. The van der Waals surface area contributed by atoms with Gasteiger partial charge in [-0.3, -0.25) is 4.79 Å². The van der Waals surface area contributed by atoms with Gasteiger partial charge in [0.15, 0.2) is 12.1 Å². The number of hydrogen-bond acceptors (Lipinski definition) is 6. The maximum absolute atomic E-state index is 11.7. The number of thioether (sulfide) groups is 1. The number of hydrazine groups is 1. The highest BCUT2D eigenvalue weighted by Gasteiger charge is 2.20. The van der Waals surface area contributed by atoms with E-state index in [1.54, 1.807) is 22.8 Å². The molecule has 0 saturated heterocycles. The molecule has 2 N–H and O–H groups in total. The SMILES string of the molecule is CSc1cc(C2CCC2)ccc1Nc1cc(Cl)nc(NN(C)C)c1C=O. The lowest BCUT2D eigenvalue weighted by atomic mass is 9.80. The Bertz CT molecular complexity index is 808. The van der Waals surface area contributed by atoms with E-state index >= 15 is 0 Å². The fraction of sp³-hybridized carbons (Fsp3) is 0.368. The number of aromatic nitrogens is 1. The average molecular weight is 391 g/mol. The third-order valence-corrected chi connectivity index (χ3v) is 5.52. The molecule has 0 radical (unpaired) electrons. The van der Waals surface area contributed by atoms with Crippen LogP contribution in [-0.4, -0.2) is 36.6 Å². The van der Waals surface area contributed by atoms with Gasteiger partial charge in [0.05, 0.1) is 16.9 Å². The molecule has 0 amide bonds. The molecule has 2 aromatic rings. The molecule has 1 aliphatic carbocycles. The molecule has 0 unspecified atom stereocenters. The molecule has 1 saturated carbocycles. The number of anilines is 3. The summed E-state index contributed by atoms with van der Waals surface area (Å²) in [5.41, 5.74) is 6.45. The molecule has 3 rings (SSSR count). The fourth-order valence-corrected chi connectivity index (χ4v) is 3.78. The van der Waals surface area contributed by atoms with Crippen LogP contribution in [0.2, 0.25) is 5.15 Å². The van der Waals surface area contributed by atoms with Crippen molar-refractivity contribution in [3.63, 3.8) is 0 Å². The van der Waals surface area contributed by atoms with Crippen LogP contribution in [-0.2, 0) is 0 Å². The van der Waals surface area contributed by atoms with Crippen molar-refractivity contribution in [3.05, 3.63) is 40.5 Å². The lowest BCUT2D eigenvalue weighted by Crippen LogP contribution is -2.22. The third kappa shape index (κ3) is 4.14. The number of carbonyl (C=O) groups is 1. The van der Waals surface area contributed by atoms with Crippen molar-refractivity contribution in [2.45, 2.75) is 30.1 Å². The smallest absolute Gasteiger partial charge is 0.155 e. The van der Waals surface area contributed by atoms with Crippen LogP contribution in [0.4, 0.5) is 17.2 Å². The number of halogens is 1. The first-order valence-electron chi connectivity index (χ1n) is 8.56. The number of nitrogens with zero attached hydrogens (tertiary/aromatic N) is 2. The van der Waals surface area contributed by atoms with E-state index in [-0.39, 0.29) is 0 Å². The molecule has 0 aliphatic heterocycles.